The fraction of sp³-hybridized carbons (Fsp3) is 0.846. The van der Waals surface area contributed by atoms with Crippen LogP contribution in [0.15, 0.2) is 0 Å². The van der Waals surface area contributed by atoms with E-state index in [1.54, 1.807) is 13.8 Å². The zero-order chi connectivity index (χ0) is 15.6. The largest absolute Gasteiger partial charge is 0.370 e. The number of imide groups is 1. The molecule has 1 N–H and O–H groups in total. The van der Waals surface area contributed by atoms with Crippen molar-refractivity contribution in [3.05, 3.63) is 0 Å². The summed E-state index contributed by atoms with van der Waals surface area (Å²) in [6, 6.07) is 0. The highest BCUT2D eigenvalue weighted by molar-refractivity contribution is 7.87. The first-order valence-electron chi connectivity index (χ1n) is 7.10. The molecule has 0 aromatic heterocycles. The lowest BCUT2D eigenvalue weighted by molar-refractivity contribution is -0.139. The van der Waals surface area contributed by atoms with Crippen molar-refractivity contribution in [1.29, 1.82) is 0 Å². The third-order valence-corrected chi connectivity index (χ3v) is 6.59. The molecule has 0 saturated carbocycles. The van der Waals surface area contributed by atoms with E-state index in [4.69, 9.17) is 8.92 Å². The molecule has 7 nitrogen and oxygen atoms in total. The van der Waals surface area contributed by atoms with Crippen LogP contribution in [0.3, 0.4) is 0 Å². The van der Waals surface area contributed by atoms with Crippen molar-refractivity contribution in [1.82, 2.24) is 5.32 Å². The van der Waals surface area contributed by atoms with Crippen molar-refractivity contribution < 1.29 is 26.9 Å². The Kier molecular flexibility index (Phi) is 3.20. The molecule has 3 aliphatic heterocycles. The summed E-state index contributed by atoms with van der Waals surface area (Å²) in [4.78, 5) is 24.4. The van der Waals surface area contributed by atoms with Gasteiger partial charge in [-0.25, -0.2) is 0 Å². The smallest absolute Gasteiger partial charge is 0.273 e. The molecular weight excluding hydrogens is 298 g/mol. The Hall–Kier alpha value is -0.990. The van der Waals surface area contributed by atoms with Gasteiger partial charge < -0.3 is 4.74 Å². The number of carbonyl (C=O) groups excluding carboxylic acids is 2. The Labute approximate surface area is 123 Å². The van der Waals surface area contributed by atoms with Gasteiger partial charge in [0.25, 0.3) is 10.1 Å². The summed E-state index contributed by atoms with van der Waals surface area (Å²) in [5.74, 6) is -1.61. The van der Waals surface area contributed by atoms with E-state index in [2.05, 4.69) is 5.32 Å². The topological polar surface area (TPSA) is 98.8 Å². The highest BCUT2D eigenvalue weighted by Gasteiger charge is 2.67. The van der Waals surface area contributed by atoms with E-state index in [0.717, 1.165) is 0 Å². The zero-order valence-electron chi connectivity index (χ0n) is 12.2. The van der Waals surface area contributed by atoms with Crippen LogP contribution in [-0.4, -0.2) is 43.8 Å². The molecule has 0 radical (unpaired) electrons. The molecule has 8 heteroatoms. The second kappa shape index (κ2) is 4.50. The SMILES string of the molecule is CCC(C)(C)C(=O)NC(=O)C1C2CC3C(O2)C1OS3(=O)=O. The number of amides is 2. The van der Waals surface area contributed by atoms with E-state index in [1.807, 2.05) is 6.92 Å². The molecule has 0 aromatic carbocycles. The normalized spacial score (nSPS) is 39.5. The summed E-state index contributed by atoms with van der Waals surface area (Å²) in [7, 11) is -3.65. The third kappa shape index (κ3) is 2.11. The Morgan fingerprint density at radius 1 is 1.29 bits per heavy atom. The van der Waals surface area contributed by atoms with E-state index < -0.39 is 50.9 Å². The number of carbonyl (C=O) groups is 2. The Morgan fingerprint density at radius 3 is 2.57 bits per heavy atom. The molecule has 3 heterocycles. The summed E-state index contributed by atoms with van der Waals surface area (Å²) in [6.07, 6.45) is -1.01. The molecule has 118 valence electrons. The van der Waals surface area contributed by atoms with Crippen LogP contribution in [0, 0.1) is 11.3 Å². The number of hydrogen-bond donors (Lipinski definition) is 1. The maximum Gasteiger partial charge on any atom is 0.273 e. The molecular formula is C13H19NO6S. The highest BCUT2D eigenvalue weighted by Crippen LogP contribution is 2.49. The molecule has 5 unspecified atom stereocenters. The fourth-order valence-corrected chi connectivity index (χ4v) is 4.76. The van der Waals surface area contributed by atoms with Gasteiger partial charge in [-0.05, 0) is 12.8 Å². The number of nitrogens with one attached hydrogen (secondary N) is 1. The van der Waals surface area contributed by atoms with Gasteiger partial charge in [-0.1, -0.05) is 20.8 Å². The second-order valence-electron chi connectivity index (χ2n) is 6.55. The van der Waals surface area contributed by atoms with Gasteiger partial charge in [0.2, 0.25) is 11.8 Å². The monoisotopic (exact) mass is 317 g/mol. The second-order valence-corrected chi connectivity index (χ2v) is 8.33. The van der Waals surface area contributed by atoms with E-state index in [9.17, 15) is 18.0 Å². The number of rotatable bonds is 3. The zero-order valence-corrected chi connectivity index (χ0v) is 13.0. The van der Waals surface area contributed by atoms with E-state index in [0.29, 0.717) is 6.42 Å². The van der Waals surface area contributed by atoms with Gasteiger partial charge in [0.05, 0.1) is 12.0 Å². The molecule has 2 bridgehead atoms. The minimum Gasteiger partial charge on any atom is -0.370 e. The summed E-state index contributed by atoms with van der Waals surface area (Å²) in [6.45, 7) is 5.36. The number of hydrogen-bond acceptors (Lipinski definition) is 6. The van der Waals surface area contributed by atoms with Gasteiger partial charge in [0.1, 0.15) is 17.5 Å². The highest BCUT2D eigenvalue weighted by atomic mass is 32.2. The van der Waals surface area contributed by atoms with Crippen LogP contribution in [-0.2, 0) is 28.6 Å². The molecule has 3 fully saturated rings. The molecule has 3 aliphatic rings. The lowest BCUT2D eigenvalue weighted by Crippen LogP contribution is -2.49. The van der Waals surface area contributed by atoms with Crippen molar-refractivity contribution in [2.45, 2.75) is 57.2 Å². The molecule has 0 aromatic rings. The predicted molar refractivity (Wildman–Crippen MR) is 71.6 cm³/mol. The molecule has 0 spiro atoms. The van der Waals surface area contributed by atoms with Crippen LogP contribution >= 0.6 is 0 Å². The van der Waals surface area contributed by atoms with Gasteiger partial charge in [0, 0.05) is 5.41 Å². The minimum atomic E-state index is -3.65. The fourth-order valence-electron chi connectivity index (χ4n) is 3.11. The Balaban J connectivity index is 1.75. The first-order valence-corrected chi connectivity index (χ1v) is 8.57. The predicted octanol–water partition coefficient (Wildman–Crippen LogP) is -0.0501. The van der Waals surface area contributed by atoms with Crippen LogP contribution in [0.25, 0.3) is 0 Å². The van der Waals surface area contributed by atoms with E-state index in [1.165, 1.54) is 0 Å². The lowest BCUT2D eigenvalue weighted by Gasteiger charge is -2.24. The summed E-state index contributed by atoms with van der Waals surface area (Å²) in [5.41, 5.74) is -0.653. The Morgan fingerprint density at radius 2 is 1.95 bits per heavy atom. The minimum absolute atomic E-state index is 0.257. The van der Waals surface area contributed by atoms with Gasteiger partial charge >= 0.3 is 0 Å². The molecule has 5 atom stereocenters. The summed E-state index contributed by atoms with van der Waals surface area (Å²) < 4.78 is 34.1. The lowest BCUT2D eigenvalue weighted by atomic mass is 9.84. The van der Waals surface area contributed by atoms with Crippen molar-refractivity contribution in [3.63, 3.8) is 0 Å². The van der Waals surface area contributed by atoms with Gasteiger partial charge in [0.15, 0.2) is 0 Å². The number of fused-ring (bicyclic) bond motifs is 1. The number of ether oxygens (including phenoxy) is 1. The maximum absolute atomic E-state index is 12.3. The van der Waals surface area contributed by atoms with Crippen molar-refractivity contribution >= 4 is 21.9 Å². The molecule has 21 heavy (non-hydrogen) atoms. The van der Waals surface area contributed by atoms with Gasteiger partial charge in [-0.15, -0.1) is 0 Å². The standard InChI is InChI=1S/C13H19NO6S/c1-4-13(2,3)12(16)14-11(15)8-6-5-7-9(19-6)10(8)20-21(7,17)18/h6-10H,4-5H2,1-3H3,(H,14,15,16). The molecule has 3 saturated heterocycles. The van der Waals surface area contributed by atoms with Gasteiger partial charge in [-0.2, -0.15) is 8.42 Å². The molecule has 2 amide bonds. The van der Waals surface area contributed by atoms with Crippen LogP contribution in [0.4, 0.5) is 0 Å². The van der Waals surface area contributed by atoms with E-state index >= 15 is 0 Å². The average molecular weight is 317 g/mol. The summed E-state index contributed by atoms with van der Waals surface area (Å²) in [5, 5.41) is 1.71. The third-order valence-electron chi connectivity index (χ3n) is 4.90. The Bertz CT molecular complexity index is 598. The van der Waals surface area contributed by atoms with Crippen LogP contribution in [0.1, 0.15) is 33.6 Å². The first-order chi connectivity index (χ1) is 9.67. The molecule has 0 aliphatic carbocycles. The first kappa shape index (κ1) is 14.9. The average Bonchev–Trinajstić information content (AvgIpc) is 2.99. The van der Waals surface area contributed by atoms with Crippen LogP contribution < -0.4 is 5.32 Å². The van der Waals surface area contributed by atoms with Crippen molar-refractivity contribution in [3.8, 4) is 0 Å². The van der Waals surface area contributed by atoms with Crippen molar-refractivity contribution in [2.75, 3.05) is 0 Å². The maximum atomic E-state index is 12.3. The molecule has 3 rings (SSSR count). The van der Waals surface area contributed by atoms with Gasteiger partial charge in [-0.3, -0.25) is 19.1 Å². The summed E-state index contributed by atoms with van der Waals surface area (Å²) >= 11 is 0. The van der Waals surface area contributed by atoms with Crippen LogP contribution in [0.5, 0.6) is 0 Å². The van der Waals surface area contributed by atoms with E-state index in [-0.39, 0.29) is 12.3 Å². The van der Waals surface area contributed by atoms with Crippen molar-refractivity contribution in [2.24, 2.45) is 11.3 Å². The van der Waals surface area contributed by atoms with Crippen LogP contribution in [0.2, 0.25) is 0 Å². The quantitative estimate of drug-likeness (QED) is 0.733.